The Morgan fingerprint density at radius 2 is 2.12 bits per heavy atom. The number of aliphatic hydroxyl groups excluding tert-OH is 1. The molecular formula is C10H18N4O2S. The van der Waals surface area contributed by atoms with Gasteiger partial charge < -0.3 is 15.2 Å². The zero-order valence-corrected chi connectivity index (χ0v) is 11.0. The summed E-state index contributed by atoms with van der Waals surface area (Å²) in [6.45, 7) is 5.36. The van der Waals surface area contributed by atoms with E-state index in [-0.39, 0.29) is 6.61 Å². The maximum Gasteiger partial charge on any atom is 0.322 e. The van der Waals surface area contributed by atoms with Crippen LogP contribution in [-0.4, -0.2) is 45.6 Å². The third-order valence-corrected chi connectivity index (χ3v) is 2.55. The topological polar surface area (TPSA) is 80.2 Å². The Bertz CT molecular complexity index is 312. The molecule has 0 saturated heterocycles. The number of anilines is 1. The van der Waals surface area contributed by atoms with Gasteiger partial charge in [-0.05, 0) is 13.3 Å². The fourth-order valence-corrected chi connectivity index (χ4v) is 1.62. The first-order valence-electron chi connectivity index (χ1n) is 5.66. The summed E-state index contributed by atoms with van der Waals surface area (Å²) in [6.07, 6.45) is 0.995. The van der Waals surface area contributed by atoms with Gasteiger partial charge in [0, 0.05) is 12.3 Å². The molecule has 0 aliphatic heterocycles. The molecule has 0 spiro atoms. The molecule has 6 nitrogen and oxygen atoms in total. The van der Waals surface area contributed by atoms with E-state index < -0.39 is 0 Å². The van der Waals surface area contributed by atoms with Crippen LogP contribution in [0.15, 0.2) is 5.16 Å². The third-order valence-electron chi connectivity index (χ3n) is 1.72. The number of ether oxygens (including phenoxy) is 1. The molecule has 1 aromatic heterocycles. The Hall–Kier alpha value is -1.08. The van der Waals surface area contributed by atoms with Crippen molar-refractivity contribution in [1.82, 2.24) is 15.0 Å². The average Bonchev–Trinajstić information content (AvgIpc) is 2.34. The molecule has 0 bridgehead atoms. The minimum Gasteiger partial charge on any atom is -0.464 e. The van der Waals surface area contributed by atoms with E-state index in [1.807, 2.05) is 6.92 Å². The average molecular weight is 258 g/mol. The first kappa shape index (κ1) is 14.0. The van der Waals surface area contributed by atoms with Crippen molar-refractivity contribution in [3.63, 3.8) is 0 Å². The van der Waals surface area contributed by atoms with E-state index >= 15 is 0 Å². The first-order valence-corrected chi connectivity index (χ1v) is 6.65. The second-order valence-electron chi connectivity index (χ2n) is 3.16. The SMILES string of the molecule is CCCNc1nc(OCC)nc(SCCO)n1. The van der Waals surface area contributed by atoms with Crippen LogP contribution in [0.5, 0.6) is 6.01 Å². The number of aromatic nitrogens is 3. The highest BCUT2D eigenvalue weighted by molar-refractivity contribution is 7.99. The van der Waals surface area contributed by atoms with Crippen LogP contribution < -0.4 is 10.1 Å². The molecular weight excluding hydrogens is 240 g/mol. The number of hydrogen-bond acceptors (Lipinski definition) is 7. The maximum absolute atomic E-state index is 8.77. The molecule has 2 N–H and O–H groups in total. The number of aliphatic hydroxyl groups is 1. The van der Waals surface area contributed by atoms with Gasteiger partial charge >= 0.3 is 6.01 Å². The second kappa shape index (κ2) is 8.08. The monoisotopic (exact) mass is 258 g/mol. The maximum atomic E-state index is 8.77. The molecule has 7 heteroatoms. The van der Waals surface area contributed by atoms with E-state index in [4.69, 9.17) is 9.84 Å². The summed E-state index contributed by atoms with van der Waals surface area (Å²) in [4.78, 5) is 12.5. The molecule has 0 saturated carbocycles. The summed E-state index contributed by atoms with van der Waals surface area (Å²) < 4.78 is 5.27. The van der Waals surface area contributed by atoms with E-state index in [9.17, 15) is 0 Å². The predicted octanol–water partition coefficient (Wildman–Crippen LogP) is 1.18. The standard InChI is InChI=1S/C10H18N4O2S/c1-3-5-11-8-12-9(16-4-2)14-10(13-8)17-7-6-15/h15H,3-7H2,1-2H3,(H,11,12,13,14). The summed E-state index contributed by atoms with van der Waals surface area (Å²) in [5.41, 5.74) is 0. The van der Waals surface area contributed by atoms with E-state index in [1.54, 1.807) is 0 Å². The van der Waals surface area contributed by atoms with Gasteiger partial charge in [-0.3, -0.25) is 0 Å². The van der Waals surface area contributed by atoms with Crippen LogP contribution in [0.3, 0.4) is 0 Å². The number of rotatable bonds is 8. The van der Waals surface area contributed by atoms with Crippen LogP contribution in [0, 0.1) is 0 Å². The summed E-state index contributed by atoms with van der Waals surface area (Å²) in [5.74, 6) is 1.08. The van der Waals surface area contributed by atoms with Crippen molar-refractivity contribution in [3.8, 4) is 6.01 Å². The Balaban J connectivity index is 2.76. The van der Waals surface area contributed by atoms with Crippen molar-refractivity contribution in [2.45, 2.75) is 25.4 Å². The molecule has 1 aromatic rings. The lowest BCUT2D eigenvalue weighted by Gasteiger charge is -2.07. The smallest absolute Gasteiger partial charge is 0.322 e. The molecule has 0 aromatic carbocycles. The van der Waals surface area contributed by atoms with Crippen molar-refractivity contribution in [3.05, 3.63) is 0 Å². The Morgan fingerprint density at radius 1 is 1.29 bits per heavy atom. The molecule has 0 aliphatic carbocycles. The Kier molecular flexibility index (Phi) is 6.64. The van der Waals surface area contributed by atoms with Crippen molar-refractivity contribution in [1.29, 1.82) is 0 Å². The molecule has 96 valence electrons. The summed E-state index contributed by atoms with van der Waals surface area (Å²) >= 11 is 1.38. The van der Waals surface area contributed by atoms with Crippen LogP contribution in [0.4, 0.5) is 5.95 Å². The van der Waals surface area contributed by atoms with Gasteiger partial charge in [0.25, 0.3) is 0 Å². The highest BCUT2D eigenvalue weighted by Crippen LogP contribution is 2.17. The highest BCUT2D eigenvalue weighted by atomic mass is 32.2. The minimum absolute atomic E-state index is 0.0953. The molecule has 0 radical (unpaired) electrons. The van der Waals surface area contributed by atoms with Crippen molar-refractivity contribution < 1.29 is 9.84 Å². The predicted molar refractivity (Wildman–Crippen MR) is 67.6 cm³/mol. The largest absolute Gasteiger partial charge is 0.464 e. The molecule has 0 amide bonds. The van der Waals surface area contributed by atoms with Gasteiger partial charge in [-0.15, -0.1) is 0 Å². The van der Waals surface area contributed by atoms with Crippen molar-refractivity contribution >= 4 is 17.7 Å². The van der Waals surface area contributed by atoms with Gasteiger partial charge in [0.1, 0.15) is 0 Å². The van der Waals surface area contributed by atoms with E-state index in [2.05, 4.69) is 27.2 Å². The van der Waals surface area contributed by atoms with Crippen LogP contribution in [0.1, 0.15) is 20.3 Å². The van der Waals surface area contributed by atoms with Crippen LogP contribution in [0.2, 0.25) is 0 Å². The van der Waals surface area contributed by atoms with Gasteiger partial charge in [0.05, 0.1) is 13.2 Å². The molecule has 0 fully saturated rings. The quantitative estimate of drug-likeness (QED) is 0.678. The molecule has 0 unspecified atom stereocenters. The lowest BCUT2D eigenvalue weighted by atomic mass is 10.5. The van der Waals surface area contributed by atoms with Gasteiger partial charge in [-0.25, -0.2) is 0 Å². The number of hydrogen-bond donors (Lipinski definition) is 2. The van der Waals surface area contributed by atoms with Crippen LogP contribution in [-0.2, 0) is 0 Å². The fraction of sp³-hybridized carbons (Fsp3) is 0.700. The summed E-state index contributed by atoms with van der Waals surface area (Å²) in [5, 5.41) is 12.4. The zero-order chi connectivity index (χ0) is 12.5. The molecule has 17 heavy (non-hydrogen) atoms. The molecule has 0 aliphatic rings. The number of nitrogens with one attached hydrogen (secondary N) is 1. The van der Waals surface area contributed by atoms with E-state index in [0.717, 1.165) is 13.0 Å². The molecule has 0 atom stereocenters. The normalized spacial score (nSPS) is 10.3. The van der Waals surface area contributed by atoms with E-state index in [1.165, 1.54) is 11.8 Å². The third kappa shape index (κ3) is 5.18. The molecule has 1 heterocycles. The minimum atomic E-state index is 0.0953. The Labute approximate surface area is 105 Å². The summed E-state index contributed by atoms with van der Waals surface area (Å²) in [6, 6.07) is 0.321. The van der Waals surface area contributed by atoms with Crippen molar-refractivity contribution in [2.24, 2.45) is 0 Å². The van der Waals surface area contributed by atoms with Gasteiger partial charge in [0.2, 0.25) is 5.95 Å². The zero-order valence-electron chi connectivity index (χ0n) is 10.1. The second-order valence-corrected chi connectivity index (χ2v) is 4.22. The Morgan fingerprint density at radius 3 is 2.76 bits per heavy atom. The van der Waals surface area contributed by atoms with Gasteiger partial charge in [-0.2, -0.15) is 15.0 Å². The lowest BCUT2D eigenvalue weighted by molar-refractivity contribution is 0.308. The number of nitrogens with zero attached hydrogens (tertiary/aromatic N) is 3. The highest BCUT2D eigenvalue weighted by Gasteiger charge is 2.07. The van der Waals surface area contributed by atoms with Gasteiger partial charge in [-0.1, -0.05) is 18.7 Å². The number of thioether (sulfide) groups is 1. The summed E-state index contributed by atoms with van der Waals surface area (Å²) in [7, 11) is 0. The lowest BCUT2D eigenvalue weighted by Crippen LogP contribution is -2.08. The van der Waals surface area contributed by atoms with Crippen LogP contribution in [0.25, 0.3) is 0 Å². The fourth-order valence-electron chi connectivity index (χ4n) is 1.05. The molecule has 1 rings (SSSR count). The van der Waals surface area contributed by atoms with E-state index in [0.29, 0.717) is 29.5 Å². The first-order chi connectivity index (χ1) is 8.30. The van der Waals surface area contributed by atoms with Crippen molar-refractivity contribution in [2.75, 3.05) is 30.8 Å². The van der Waals surface area contributed by atoms with Crippen LogP contribution >= 0.6 is 11.8 Å². The van der Waals surface area contributed by atoms with Gasteiger partial charge in [0.15, 0.2) is 5.16 Å².